The Bertz CT molecular complexity index is 473. The van der Waals surface area contributed by atoms with Crippen LogP contribution in [0.5, 0.6) is 11.5 Å². The highest BCUT2D eigenvalue weighted by atomic mass is 32.2. The smallest absolute Gasteiger partial charge is 0.231 e. The molecule has 2 rings (SSSR count). The van der Waals surface area contributed by atoms with Crippen molar-refractivity contribution in [2.45, 2.75) is 19.8 Å². The molecule has 0 aromatic heterocycles. The van der Waals surface area contributed by atoms with Crippen molar-refractivity contribution in [3.63, 3.8) is 0 Å². The fourth-order valence-corrected chi connectivity index (χ4v) is 2.71. The summed E-state index contributed by atoms with van der Waals surface area (Å²) in [4.78, 5) is 21.7. The summed E-state index contributed by atoms with van der Waals surface area (Å²) in [5.41, 5.74) is 1.10. The van der Waals surface area contributed by atoms with E-state index in [1.165, 1.54) is 11.8 Å². The Labute approximate surface area is 116 Å². The summed E-state index contributed by atoms with van der Waals surface area (Å²) in [6.45, 7) is 1.81. The molecule has 0 bridgehead atoms. The van der Waals surface area contributed by atoms with Crippen LogP contribution in [0.2, 0.25) is 0 Å². The van der Waals surface area contributed by atoms with Crippen LogP contribution in [0.3, 0.4) is 0 Å². The molecule has 1 aromatic carbocycles. The van der Waals surface area contributed by atoms with Gasteiger partial charge in [0.2, 0.25) is 6.79 Å². The second-order valence-electron chi connectivity index (χ2n) is 4.46. The number of carbonyl (C=O) groups excluding carboxylic acids is 2. The summed E-state index contributed by atoms with van der Waals surface area (Å²) in [5, 5.41) is 0.0848. The quantitative estimate of drug-likeness (QED) is 0.749. The van der Waals surface area contributed by atoms with Crippen LogP contribution in [0.4, 0.5) is 0 Å². The van der Waals surface area contributed by atoms with E-state index in [1.54, 1.807) is 6.92 Å². The van der Waals surface area contributed by atoms with Crippen LogP contribution < -0.4 is 9.47 Å². The first-order valence-electron chi connectivity index (χ1n) is 6.14. The van der Waals surface area contributed by atoms with Crippen LogP contribution in [-0.4, -0.2) is 23.9 Å². The number of hydrogen-bond acceptors (Lipinski definition) is 5. The van der Waals surface area contributed by atoms with Crippen molar-refractivity contribution in [2.24, 2.45) is 5.92 Å². The zero-order valence-electron chi connectivity index (χ0n) is 10.8. The summed E-state index contributed by atoms with van der Waals surface area (Å²) in [6, 6.07) is 5.80. The molecule has 1 aromatic rings. The van der Waals surface area contributed by atoms with Crippen molar-refractivity contribution in [3.05, 3.63) is 23.8 Å². The van der Waals surface area contributed by atoms with Crippen molar-refractivity contribution in [1.29, 1.82) is 0 Å². The lowest BCUT2D eigenvalue weighted by Crippen LogP contribution is -2.09. The van der Waals surface area contributed by atoms with Gasteiger partial charge in [0.1, 0.15) is 6.29 Å². The first-order valence-corrected chi connectivity index (χ1v) is 7.13. The van der Waals surface area contributed by atoms with Gasteiger partial charge in [-0.2, -0.15) is 0 Å². The molecule has 0 amide bonds. The van der Waals surface area contributed by atoms with E-state index in [1.807, 2.05) is 18.2 Å². The molecule has 1 aliphatic heterocycles. The number of rotatable bonds is 6. The van der Waals surface area contributed by atoms with Crippen LogP contribution in [0, 0.1) is 5.92 Å². The first-order chi connectivity index (χ1) is 9.19. The molecule has 0 unspecified atom stereocenters. The Morgan fingerprint density at radius 3 is 2.95 bits per heavy atom. The molecule has 1 atom stereocenters. The van der Waals surface area contributed by atoms with Gasteiger partial charge in [-0.1, -0.05) is 17.8 Å². The number of benzene rings is 1. The molecule has 19 heavy (non-hydrogen) atoms. The van der Waals surface area contributed by atoms with E-state index in [-0.39, 0.29) is 17.8 Å². The van der Waals surface area contributed by atoms with Crippen LogP contribution in [0.1, 0.15) is 18.9 Å². The Kier molecular flexibility index (Phi) is 4.85. The van der Waals surface area contributed by atoms with E-state index in [4.69, 9.17) is 9.47 Å². The highest BCUT2D eigenvalue weighted by Gasteiger charge is 2.16. The minimum Gasteiger partial charge on any atom is -0.454 e. The largest absolute Gasteiger partial charge is 0.454 e. The van der Waals surface area contributed by atoms with Crippen molar-refractivity contribution in [2.75, 3.05) is 12.5 Å². The Morgan fingerprint density at radius 1 is 1.42 bits per heavy atom. The van der Waals surface area contributed by atoms with E-state index in [0.29, 0.717) is 12.2 Å². The predicted molar refractivity (Wildman–Crippen MR) is 73.6 cm³/mol. The van der Waals surface area contributed by atoms with Gasteiger partial charge in [0.25, 0.3) is 0 Å². The zero-order valence-corrected chi connectivity index (χ0v) is 11.6. The fourth-order valence-electron chi connectivity index (χ4n) is 1.98. The number of thioether (sulfide) groups is 1. The first kappa shape index (κ1) is 13.9. The molecule has 102 valence electrons. The third kappa shape index (κ3) is 3.99. The second kappa shape index (κ2) is 6.61. The molecule has 1 heterocycles. The maximum Gasteiger partial charge on any atom is 0.231 e. The Balaban J connectivity index is 1.99. The van der Waals surface area contributed by atoms with Gasteiger partial charge in [-0.15, -0.1) is 0 Å². The highest BCUT2D eigenvalue weighted by Crippen LogP contribution is 2.33. The standard InChI is InChI=1S/C14H16O4S/c1-10(16)19-8-12(4-5-15)6-11-2-3-13-14(7-11)18-9-17-13/h2-3,5,7,12H,4,6,8-9H2,1H3/t12-/m1/s1. The van der Waals surface area contributed by atoms with Crippen LogP contribution in [0.25, 0.3) is 0 Å². The van der Waals surface area contributed by atoms with Gasteiger partial charge in [-0.25, -0.2) is 0 Å². The minimum atomic E-state index is 0.0848. The summed E-state index contributed by atoms with van der Waals surface area (Å²) >= 11 is 1.27. The SMILES string of the molecule is CC(=O)SC[C@H](CC=O)Cc1ccc2c(c1)OCO2. The number of ether oxygens (including phenoxy) is 2. The molecule has 1 aliphatic rings. The van der Waals surface area contributed by atoms with E-state index in [9.17, 15) is 9.59 Å². The molecule has 0 aliphatic carbocycles. The molecule has 5 heteroatoms. The average molecular weight is 280 g/mol. The molecule has 0 fully saturated rings. The lowest BCUT2D eigenvalue weighted by molar-refractivity contribution is -0.109. The summed E-state index contributed by atoms with van der Waals surface area (Å²) < 4.78 is 10.6. The van der Waals surface area contributed by atoms with E-state index < -0.39 is 0 Å². The number of carbonyl (C=O) groups is 2. The van der Waals surface area contributed by atoms with Gasteiger partial charge >= 0.3 is 0 Å². The van der Waals surface area contributed by atoms with Gasteiger partial charge in [-0.3, -0.25) is 4.79 Å². The third-order valence-electron chi connectivity index (χ3n) is 2.91. The maximum atomic E-state index is 11.0. The highest BCUT2D eigenvalue weighted by molar-refractivity contribution is 8.13. The van der Waals surface area contributed by atoms with E-state index in [0.717, 1.165) is 29.8 Å². The topological polar surface area (TPSA) is 52.6 Å². The maximum absolute atomic E-state index is 11.0. The number of fused-ring (bicyclic) bond motifs is 1. The average Bonchev–Trinajstić information content (AvgIpc) is 2.83. The molecule has 0 saturated carbocycles. The van der Waals surface area contributed by atoms with Gasteiger partial charge in [0.15, 0.2) is 16.6 Å². The molecule has 0 saturated heterocycles. The lowest BCUT2D eigenvalue weighted by atomic mass is 9.98. The van der Waals surface area contributed by atoms with Crippen molar-refractivity contribution in [3.8, 4) is 11.5 Å². The fraction of sp³-hybridized carbons (Fsp3) is 0.429. The summed E-state index contributed by atoms with van der Waals surface area (Å²) in [5.74, 6) is 2.35. The van der Waals surface area contributed by atoms with Gasteiger partial charge < -0.3 is 14.3 Å². The summed E-state index contributed by atoms with van der Waals surface area (Å²) in [6.07, 6.45) is 2.14. The Hall–Kier alpha value is -1.49. The molecular weight excluding hydrogens is 264 g/mol. The minimum absolute atomic E-state index is 0.0848. The van der Waals surface area contributed by atoms with Crippen LogP contribution in [-0.2, 0) is 16.0 Å². The molecule has 0 N–H and O–H groups in total. The van der Waals surface area contributed by atoms with E-state index >= 15 is 0 Å². The predicted octanol–water partition coefficient (Wildman–Crippen LogP) is 2.44. The van der Waals surface area contributed by atoms with Crippen molar-refractivity contribution in [1.82, 2.24) is 0 Å². The molecule has 0 radical (unpaired) electrons. The van der Waals surface area contributed by atoms with Gasteiger partial charge in [-0.05, 0) is 30.0 Å². The van der Waals surface area contributed by atoms with Gasteiger partial charge in [0.05, 0.1) is 0 Å². The summed E-state index contributed by atoms with van der Waals surface area (Å²) in [7, 11) is 0. The van der Waals surface area contributed by atoms with Crippen molar-refractivity contribution < 1.29 is 19.1 Å². The normalized spacial score (nSPS) is 14.2. The number of hydrogen-bond donors (Lipinski definition) is 0. The lowest BCUT2D eigenvalue weighted by Gasteiger charge is -2.13. The molecular formula is C14H16O4S. The number of aldehydes is 1. The molecule has 4 nitrogen and oxygen atoms in total. The zero-order chi connectivity index (χ0) is 13.7. The van der Waals surface area contributed by atoms with Crippen LogP contribution >= 0.6 is 11.8 Å². The second-order valence-corrected chi connectivity index (χ2v) is 5.66. The van der Waals surface area contributed by atoms with Gasteiger partial charge in [0, 0.05) is 19.1 Å². The Morgan fingerprint density at radius 2 is 2.21 bits per heavy atom. The third-order valence-corrected chi connectivity index (χ3v) is 3.96. The van der Waals surface area contributed by atoms with Crippen LogP contribution in [0.15, 0.2) is 18.2 Å². The molecule has 0 spiro atoms. The monoisotopic (exact) mass is 280 g/mol. The van der Waals surface area contributed by atoms with Crippen molar-refractivity contribution >= 4 is 23.2 Å². The van der Waals surface area contributed by atoms with E-state index in [2.05, 4.69) is 0 Å².